The zero-order valence-electron chi connectivity index (χ0n) is 23.8. The van der Waals surface area contributed by atoms with Gasteiger partial charge in [0.2, 0.25) is 10.3 Å². The smallest absolute Gasteiger partial charge is 0.264 e. The number of hydrogen-bond donors (Lipinski definition) is 2. The van der Waals surface area contributed by atoms with Gasteiger partial charge in [-0.05, 0) is 62.4 Å². The minimum Gasteiger partial charge on any atom is -0.486 e. The molecule has 0 atom stereocenters. The number of aryl methyl sites for hydroxylation is 2. The van der Waals surface area contributed by atoms with Crippen molar-refractivity contribution in [2.45, 2.75) is 27.1 Å². The number of nitrogens with zero attached hydrogens (tertiary/aromatic N) is 4. The number of carbonyl (C=O) groups excluding carboxylic acids is 2. The van der Waals surface area contributed by atoms with Crippen LogP contribution >= 0.6 is 22.7 Å². The number of hydrogen-bond acceptors (Lipinski definition) is 12. The van der Waals surface area contributed by atoms with E-state index < -0.39 is 0 Å². The van der Waals surface area contributed by atoms with E-state index in [4.69, 9.17) is 18.9 Å². The summed E-state index contributed by atoms with van der Waals surface area (Å²) in [5.41, 5.74) is 2.29. The van der Waals surface area contributed by atoms with E-state index in [0.29, 0.717) is 31.8 Å². The Morgan fingerprint density at radius 2 is 0.886 bits per heavy atom. The van der Waals surface area contributed by atoms with Crippen molar-refractivity contribution in [1.82, 2.24) is 20.4 Å². The van der Waals surface area contributed by atoms with Crippen LogP contribution in [-0.4, -0.2) is 45.4 Å². The van der Waals surface area contributed by atoms with Gasteiger partial charge in [-0.2, -0.15) is 0 Å². The van der Waals surface area contributed by atoms with Gasteiger partial charge in [0.05, 0.1) is 0 Å². The van der Waals surface area contributed by atoms with E-state index in [2.05, 4.69) is 31.0 Å². The second-order valence-corrected chi connectivity index (χ2v) is 11.5. The van der Waals surface area contributed by atoms with Crippen molar-refractivity contribution in [3.63, 3.8) is 0 Å². The Morgan fingerprint density at radius 3 is 1.27 bits per heavy atom. The SMILES string of the molecule is Cc1ccc(OCc2nnc(NC(=O)COc3ccc(OCC(=O)Nc4nnc(COc5ccc(C)cc5)s4)cc3)s2)cc1. The number of rotatable bonds is 14. The number of benzene rings is 3. The molecule has 5 rings (SSSR count). The average Bonchev–Trinajstić information content (AvgIpc) is 3.68. The standard InChI is InChI=1S/C30H28N6O6S2/c1-19-3-7-21(8-4-19)41-17-27-33-35-29(43-27)31-25(37)15-39-23-11-13-24(14-12-23)40-16-26(38)32-30-36-34-28(44-30)18-42-22-9-5-20(2)6-10-22/h3-14H,15-18H2,1-2H3,(H,31,35,37)(H,32,36,38). The lowest BCUT2D eigenvalue weighted by Gasteiger charge is -2.08. The highest BCUT2D eigenvalue weighted by Gasteiger charge is 2.12. The Hall–Kier alpha value is -5.08. The summed E-state index contributed by atoms with van der Waals surface area (Å²) in [5, 5.41) is 23.3. The van der Waals surface area contributed by atoms with E-state index in [-0.39, 0.29) is 38.2 Å². The van der Waals surface area contributed by atoms with Gasteiger partial charge in [0.15, 0.2) is 23.2 Å². The molecule has 0 aliphatic heterocycles. The van der Waals surface area contributed by atoms with E-state index in [1.165, 1.54) is 22.7 Å². The van der Waals surface area contributed by atoms with Gasteiger partial charge in [-0.3, -0.25) is 20.2 Å². The van der Waals surface area contributed by atoms with E-state index in [0.717, 1.165) is 22.6 Å². The topological polar surface area (TPSA) is 147 Å². The van der Waals surface area contributed by atoms with Gasteiger partial charge in [0.25, 0.3) is 11.8 Å². The summed E-state index contributed by atoms with van der Waals surface area (Å²) >= 11 is 2.44. The van der Waals surface area contributed by atoms with Crippen LogP contribution < -0.4 is 29.6 Å². The molecule has 2 amide bonds. The molecule has 14 heteroatoms. The lowest BCUT2D eigenvalue weighted by atomic mass is 10.2. The van der Waals surface area contributed by atoms with Crippen LogP contribution in [-0.2, 0) is 22.8 Å². The fourth-order valence-electron chi connectivity index (χ4n) is 3.52. The summed E-state index contributed by atoms with van der Waals surface area (Å²) in [5.74, 6) is 1.60. The lowest BCUT2D eigenvalue weighted by molar-refractivity contribution is -0.118. The number of amides is 2. The van der Waals surface area contributed by atoms with Crippen molar-refractivity contribution in [3.05, 3.63) is 93.9 Å². The Bertz CT molecular complexity index is 1550. The molecule has 0 aliphatic carbocycles. The maximum atomic E-state index is 12.3. The average molecular weight is 633 g/mol. The van der Waals surface area contributed by atoms with Crippen LogP contribution in [0.3, 0.4) is 0 Å². The predicted molar refractivity (Wildman–Crippen MR) is 166 cm³/mol. The molecule has 226 valence electrons. The van der Waals surface area contributed by atoms with Crippen LogP contribution in [0.1, 0.15) is 21.1 Å². The zero-order chi connectivity index (χ0) is 30.7. The fraction of sp³-hybridized carbons (Fsp3) is 0.200. The second kappa shape index (κ2) is 14.9. The molecule has 12 nitrogen and oxygen atoms in total. The number of anilines is 2. The molecule has 2 N–H and O–H groups in total. The molecular weight excluding hydrogens is 605 g/mol. The molecule has 0 fully saturated rings. The lowest BCUT2D eigenvalue weighted by Crippen LogP contribution is -2.20. The molecule has 0 aliphatic rings. The van der Waals surface area contributed by atoms with E-state index >= 15 is 0 Å². The van der Waals surface area contributed by atoms with Crippen LogP contribution in [0.5, 0.6) is 23.0 Å². The van der Waals surface area contributed by atoms with E-state index in [1.807, 2.05) is 62.4 Å². The molecule has 0 unspecified atom stereocenters. The largest absolute Gasteiger partial charge is 0.486 e. The first-order valence-corrected chi connectivity index (χ1v) is 15.0. The first-order chi connectivity index (χ1) is 21.4. The van der Waals surface area contributed by atoms with Gasteiger partial charge in [0.1, 0.15) is 36.2 Å². The monoisotopic (exact) mass is 632 g/mol. The fourth-order valence-corrected chi connectivity index (χ4v) is 4.86. The minimum absolute atomic E-state index is 0.225. The van der Waals surface area contributed by atoms with Gasteiger partial charge in [0, 0.05) is 0 Å². The maximum absolute atomic E-state index is 12.3. The molecular formula is C30H28N6O6S2. The zero-order valence-corrected chi connectivity index (χ0v) is 25.4. The van der Waals surface area contributed by atoms with Crippen LogP contribution in [0, 0.1) is 13.8 Å². The summed E-state index contributed by atoms with van der Waals surface area (Å²) in [6.07, 6.45) is 0. The number of carbonyl (C=O) groups is 2. The normalized spacial score (nSPS) is 10.6. The third-order valence-electron chi connectivity index (χ3n) is 5.76. The summed E-state index contributed by atoms with van der Waals surface area (Å²) in [6.45, 7) is 4.05. The summed E-state index contributed by atoms with van der Waals surface area (Å²) < 4.78 is 22.5. The van der Waals surface area contributed by atoms with E-state index in [9.17, 15) is 9.59 Å². The Kier molecular flexibility index (Phi) is 10.3. The second-order valence-electron chi connectivity index (χ2n) is 9.35. The number of nitrogens with one attached hydrogen (secondary N) is 2. The molecule has 0 radical (unpaired) electrons. The van der Waals surface area contributed by atoms with Crippen LogP contribution in [0.25, 0.3) is 0 Å². The molecule has 0 spiro atoms. The third-order valence-corrected chi connectivity index (χ3v) is 7.38. The molecule has 2 heterocycles. The van der Waals surface area contributed by atoms with Crippen LogP contribution in [0.2, 0.25) is 0 Å². The summed E-state index contributed by atoms with van der Waals surface area (Å²) in [4.78, 5) is 24.6. The number of aromatic nitrogens is 4. The highest BCUT2D eigenvalue weighted by Crippen LogP contribution is 2.21. The minimum atomic E-state index is -0.384. The summed E-state index contributed by atoms with van der Waals surface area (Å²) in [7, 11) is 0. The van der Waals surface area contributed by atoms with Crippen LogP contribution in [0.4, 0.5) is 10.3 Å². The van der Waals surface area contributed by atoms with E-state index in [1.54, 1.807) is 24.3 Å². The molecule has 2 aromatic heterocycles. The quantitative estimate of drug-likeness (QED) is 0.167. The van der Waals surface area contributed by atoms with Crippen molar-refractivity contribution >= 4 is 44.8 Å². The highest BCUT2D eigenvalue weighted by atomic mass is 32.1. The molecule has 0 saturated heterocycles. The maximum Gasteiger partial charge on any atom is 0.264 e. The van der Waals surface area contributed by atoms with Crippen molar-refractivity contribution in [1.29, 1.82) is 0 Å². The third kappa shape index (κ3) is 9.47. The van der Waals surface area contributed by atoms with Crippen molar-refractivity contribution in [3.8, 4) is 23.0 Å². The van der Waals surface area contributed by atoms with Gasteiger partial charge >= 0.3 is 0 Å². The van der Waals surface area contributed by atoms with Crippen molar-refractivity contribution in [2.24, 2.45) is 0 Å². The Morgan fingerprint density at radius 1 is 0.545 bits per heavy atom. The first-order valence-electron chi connectivity index (χ1n) is 13.4. The first kappa shape index (κ1) is 30.4. The van der Waals surface area contributed by atoms with Crippen molar-refractivity contribution in [2.75, 3.05) is 23.8 Å². The highest BCUT2D eigenvalue weighted by molar-refractivity contribution is 7.15. The van der Waals surface area contributed by atoms with Crippen molar-refractivity contribution < 1.29 is 28.5 Å². The van der Waals surface area contributed by atoms with Gasteiger partial charge in [-0.1, -0.05) is 58.1 Å². The van der Waals surface area contributed by atoms with Gasteiger partial charge in [-0.15, -0.1) is 20.4 Å². The number of ether oxygens (including phenoxy) is 4. The molecule has 3 aromatic carbocycles. The van der Waals surface area contributed by atoms with Crippen LogP contribution in [0.15, 0.2) is 72.8 Å². The molecule has 0 bridgehead atoms. The van der Waals surface area contributed by atoms with Gasteiger partial charge in [-0.25, -0.2) is 0 Å². The Labute approximate surface area is 261 Å². The molecule has 44 heavy (non-hydrogen) atoms. The predicted octanol–water partition coefficient (Wildman–Crippen LogP) is 5.20. The molecule has 0 saturated carbocycles. The summed E-state index contributed by atoms with van der Waals surface area (Å²) in [6, 6.07) is 21.9. The Balaban J connectivity index is 0.982. The molecule has 5 aromatic rings. The van der Waals surface area contributed by atoms with Gasteiger partial charge < -0.3 is 18.9 Å².